The number of benzene rings is 1. The van der Waals surface area contributed by atoms with E-state index in [1.165, 1.54) is 0 Å². The SMILES string of the molecule is C=C(/N=C/c1cc(Cl)ccc1C)O[Si](C)(C)C. The Hall–Kier alpha value is -1.06. The summed E-state index contributed by atoms with van der Waals surface area (Å²) in [5, 5.41) is 0.703. The third kappa shape index (κ3) is 5.19. The fourth-order valence-corrected chi connectivity index (χ4v) is 2.21. The molecule has 0 radical (unpaired) electrons. The van der Waals surface area contributed by atoms with Crippen molar-refractivity contribution in [2.45, 2.75) is 26.6 Å². The van der Waals surface area contributed by atoms with E-state index in [2.05, 4.69) is 31.2 Å². The molecule has 1 aromatic rings. The molecule has 17 heavy (non-hydrogen) atoms. The lowest BCUT2D eigenvalue weighted by Gasteiger charge is -2.18. The van der Waals surface area contributed by atoms with Crippen LogP contribution in [0.5, 0.6) is 0 Å². The molecule has 0 aromatic heterocycles. The van der Waals surface area contributed by atoms with E-state index in [1.54, 1.807) is 6.21 Å². The van der Waals surface area contributed by atoms with Gasteiger partial charge in [0.25, 0.3) is 0 Å². The Morgan fingerprint density at radius 3 is 2.65 bits per heavy atom. The molecule has 0 aliphatic rings. The number of hydrogen-bond donors (Lipinski definition) is 0. The highest BCUT2D eigenvalue weighted by Gasteiger charge is 2.16. The first-order valence-electron chi connectivity index (χ1n) is 5.46. The van der Waals surface area contributed by atoms with E-state index in [0.29, 0.717) is 10.9 Å². The van der Waals surface area contributed by atoms with Crippen LogP contribution in [0.1, 0.15) is 11.1 Å². The van der Waals surface area contributed by atoms with Gasteiger partial charge in [0.05, 0.1) is 0 Å². The number of nitrogens with zero attached hydrogens (tertiary/aromatic N) is 1. The van der Waals surface area contributed by atoms with E-state index in [-0.39, 0.29) is 0 Å². The highest BCUT2D eigenvalue weighted by Crippen LogP contribution is 2.15. The van der Waals surface area contributed by atoms with Gasteiger partial charge in [-0.2, -0.15) is 0 Å². The summed E-state index contributed by atoms with van der Waals surface area (Å²) in [6, 6.07) is 5.70. The normalized spacial score (nSPS) is 11.8. The van der Waals surface area contributed by atoms with Gasteiger partial charge in [0, 0.05) is 11.2 Å². The largest absolute Gasteiger partial charge is 0.532 e. The van der Waals surface area contributed by atoms with Gasteiger partial charge >= 0.3 is 0 Å². The smallest absolute Gasteiger partial charge is 0.244 e. The summed E-state index contributed by atoms with van der Waals surface area (Å²) in [6.45, 7) is 12.1. The van der Waals surface area contributed by atoms with E-state index in [1.807, 2.05) is 25.1 Å². The van der Waals surface area contributed by atoms with Crippen molar-refractivity contribution in [3.05, 3.63) is 46.8 Å². The first-order chi connectivity index (χ1) is 7.78. The average molecular weight is 268 g/mol. The molecular formula is C13H18ClNOSi. The van der Waals surface area contributed by atoms with Gasteiger partial charge in [-0.05, 0) is 56.4 Å². The summed E-state index contributed by atoms with van der Waals surface area (Å²) in [5.74, 6) is 0.462. The molecule has 0 saturated heterocycles. The van der Waals surface area contributed by atoms with Crippen LogP contribution in [0.2, 0.25) is 24.7 Å². The highest BCUT2D eigenvalue weighted by atomic mass is 35.5. The fraction of sp³-hybridized carbons (Fsp3) is 0.308. The zero-order chi connectivity index (χ0) is 13.1. The van der Waals surface area contributed by atoms with E-state index in [9.17, 15) is 0 Å². The van der Waals surface area contributed by atoms with Crippen LogP contribution in [-0.2, 0) is 4.43 Å². The third-order valence-electron chi connectivity index (χ3n) is 2.01. The second-order valence-electron chi connectivity index (χ2n) is 4.87. The maximum atomic E-state index is 5.93. The maximum absolute atomic E-state index is 5.93. The van der Waals surface area contributed by atoms with Crippen molar-refractivity contribution in [3.8, 4) is 0 Å². The second kappa shape index (κ2) is 5.51. The Bertz CT molecular complexity index is 449. The van der Waals surface area contributed by atoms with Crippen LogP contribution < -0.4 is 0 Å². The van der Waals surface area contributed by atoms with Crippen molar-refractivity contribution in [1.82, 2.24) is 0 Å². The molecule has 0 fully saturated rings. The van der Waals surface area contributed by atoms with Crippen LogP contribution in [0.4, 0.5) is 0 Å². The molecule has 1 rings (SSSR count). The average Bonchev–Trinajstić information content (AvgIpc) is 2.17. The van der Waals surface area contributed by atoms with Gasteiger partial charge in [-0.1, -0.05) is 17.7 Å². The van der Waals surface area contributed by atoms with Crippen molar-refractivity contribution >= 4 is 26.1 Å². The monoisotopic (exact) mass is 267 g/mol. The Balaban J connectivity index is 2.77. The Morgan fingerprint density at radius 2 is 2.06 bits per heavy atom. The Kier molecular flexibility index (Phi) is 4.54. The summed E-state index contributed by atoms with van der Waals surface area (Å²) in [4.78, 5) is 4.22. The van der Waals surface area contributed by atoms with Crippen molar-refractivity contribution in [3.63, 3.8) is 0 Å². The van der Waals surface area contributed by atoms with Crippen LogP contribution >= 0.6 is 11.6 Å². The van der Waals surface area contributed by atoms with Gasteiger partial charge in [-0.15, -0.1) is 0 Å². The molecular weight excluding hydrogens is 250 g/mol. The first-order valence-corrected chi connectivity index (χ1v) is 9.25. The zero-order valence-electron chi connectivity index (χ0n) is 10.7. The van der Waals surface area contributed by atoms with Crippen LogP contribution in [0.25, 0.3) is 0 Å². The summed E-state index contributed by atoms with van der Waals surface area (Å²) in [5.41, 5.74) is 2.11. The highest BCUT2D eigenvalue weighted by molar-refractivity contribution is 6.70. The summed E-state index contributed by atoms with van der Waals surface area (Å²) in [6.07, 6.45) is 1.74. The molecule has 0 unspecified atom stereocenters. The quantitative estimate of drug-likeness (QED) is 0.450. The van der Waals surface area contributed by atoms with Crippen molar-refractivity contribution in [2.24, 2.45) is 4.99 Å². The van der Waals surface area contributed by atoms with Gasteiger partial charge in [-0.3, -0.25) is 0 Å². The molecule has 92 valence electrons. The molecule has 0 aliphatic heterocycles. The number of aryl methyl sites for hydroxylation is 1. The first kappa shape index (κ1) is 14.0. The van der Waals surface area contributed by atoms with Crippen LogP contribution in [-0.4, -0.2) is 14.5 Å². The van der Waals surface area contributed by atoms with Gasteiger partial charge < -0.3 is 4.43 Å². The second-order valence-corrected chi connectivity index (χ2v) is 9.73. The van der Waals surface area contributed by atoms with Crippen LogP contribution in [0.15, 0.2) is 35.7 Å². The molecule has 2 nitrogen and oxygen atoms in total. The molecule has 4 heteroatoms. The van der Waals surface area contributed by atoms with Gasteiger partial charge in [-0.25, -0.2) is 4.99 Å². The van der Waals surface area contributed by atoms with Crippen molar-refractivity contribution in [2.75, 3.05) is 0 Å². The fourth-order valence-electron chi connectivity index (χ4n) is 1.27. The standard InChI is InChI=1S/C13H18ClNOSi/c1-10-6-7-13(14)8-12(10)9-15-11(2)16-17(3,4)5/h6-9H,2H2,1,3-5H3/b15-9+. The molecule has 0 spiro atoms. The van der Waals surface area contributed by atoms with Gasteiger partial charge in [0.15, 0.2) is 5.88 Å². The lowest BCUT2D eigenvalue weighted by molar-refractivity contribution is 0.421. The predicted molar refractivity (Wildman–Crippen MR) is 77.4 cm³/mol. The third-order valence-corrected chi connectivity index (χ3v) is 3.10. The van der Waals surface area contributed by atoms with Crippen molar-refractivity contribution in [1.29, 1.82) is 0 Å². The van der Waals surface area contributed by atoms with Gasteiger partial charge in [0.2, 0.25) is 8.32 Å². The molecule has 0 aliphatic carbocycles. The minimum Gasteiger partial charge on any atom is -0.532 e. The molecule has 0 atom stereocenters. The number of halogens is 1. The Morgan fingerprint density at radius 1 is 1.41 bits per heavy atom. The molecule has 0 bridgehead atoms. The minimum absolute atomic E-state index is 0.462. The van der Waals surface area contributed by atoms with Gasteiger partial charge in [0.1, 0.15) is 0 Å². The van der Waals surface area contributed by atoms with E-state index < -0.39 is 8.32 Å². The summed E-state index contributed by atoms with van der Waals surface area (Å²) < 4.78 is 5.64. The molecule has 0 amide bonds. The maximum Gasteiger partial charge on any atom is 0.244 e. The molecule has 0 N–H and O–H groups in total. The summed E-state index contributed by atoms with van der Waals surface area (Å²) in [7, 11) is -1.62. The molecule has 0 heterocycles. The number of rotatable bonds is 4. The van der Waals surface area contributed by atoms with E-state index >= 15 is 0 Å². The van der Waals surface area contributed by atoms with Crippen LogP contribution in [0.3, 0.4) is 0 Å². The van der Waals surface area contributed by atoms with E-state index in [4.69, 9.17) is 16.0 Å². The van der Waals surface area contributed by atoms with Crippen molar-refractivity contribution < 1.29 is 4.43 Å². The summed E-state index contributed by atoms with van der Waals surface area (Å²) >= 11 is 5.93. The lowest BCUT2D eigenvalue weighted by Crippen LogP contribution is -2.24. The zero-order valence-corrected chi connectivity index (χ0v) is 12.5. The van der Waals surface area contributed by atoms with E-state index in [0.717, 1.165) is 11.1 Å². The molecule has 1 aromatic carbocycles. The topological polar surface area (TPSA) is 21.6 Å². The molecule has 0 saturated carbocycles. The van der Waals surface area contributed by atoms with Crippen LogP contribution in [0, 0.1) is 6.92 Å². The predicted octanol–water partition coefficient (Wildman–Crippen LogP) is 4.39. The lowest BCUT2D eigenvalue weighted by atomic mass is 10.1. The minimum atomic E-state index is -1.62. The number of hydrogen-bond acceptors (Lipinski definition) is 2. The Labute approximate surface area is 109 Å². The number of aliphatic imine (C=N–C) groups is 1.